The summed E-state index contributed by atoms with van der Waals surface area (Å²) >= 11 is 0. The van der Waals surface area contributed by atoms with E-state index in [0.29, 0.717) is 12.5 Å². The number of rotatable bonds is 9. The van der Waals surface area contributed by atoms with Crippen molar-refractivity contribution in [2.75, 3.05) is 6.61 Å². The number of hydrogen-bond donors (Lipinski definition) is 0. The predicted molar refractivity (Wildman–Crippen MR) is 121 cm³/mol. The van der Waals surface area contributed by atoms with Crippen molar-refractivity contribution < 1.29 is 18.7 Å². The van der Waals surface area contributed by atoms with Gasteiger partial charge >= 0.3 is 5.97 Å². The SMILES string of the molecule is CC(C)CCOc1coc(COC(=O)/C=C/c2ccc(-c3ccccc3)cc2)cc1=O. The van der Waals surface area contributed by atoms with Crippen LogP contribution >= 0.6 is 0 Å². The standard InChI is InChI=1S/C26H26O5/c1-19(2)14-15-29-25-18-30-23(16-24(25)27)17-31-26(28)13-10-20-8-11-22(12-9-20)21-6-4-3-5-7-21/h3-13,16,18-19H,14-15,17H2,1-2H3/b13-10+. The lowest BCUT2D eigenvalue weighted by Crippen LogP contribution is -2.11. The third-order valence-corrected chi connectivity index (χ3v) is 4.59. The van der Waals surface area contributed by atoms with Gasteiger partial charge in [-0.15, -0.1) is 0 Å². The van der Waals surface area contributed by atoms with Crippen molar-refractivity contribution in [2.45, 2.75) is 26.9 Å². The minimum atomic E-state index is -0.521. The van der Waals surface area contributed by atoms with Gasteiger partial charge in [0.05, 0.1) is 6.61 Å². The molecule has 3 rings (SSSR count). The van der Waals surface area contributed by atoms with Crippen LogP contribution in [-0.4, -0.2) is 12.6 Å². The van der Waals surface area contributed by atoms with Crippen molar-refractivity contribution in [3.63, 3.8) is 0 Å². The Hall–Kier alpha value is -3.60. The molecular weight excluding hydrogens is 392 g/mol. The highest BCUT2D eigenvalue weighted by molar-refractivity contribution is 5.87. The van der Waals surface area contributed by atoms with Crippen LogP contribution in [-0.2, 0) is 16.1 Å². The summed E-state index contributed by atoms with van der Waals surface area (Å²) in [6, 6.07) is 19.2. The summed E-state index contributed by atoms with van der Waals surface area (Å²) in [5.41, 5.74) is 2.82. The van der Waals surface area contributed by atoms with E-state index in [4.69, 9.17) is 13.9 Å². The van der Waals surface area contributed by atoms with E-state index < -0.39 is 5.97 Å². The van der Waals surface area contributed by atoms with Gasteiger partial charge in [-0.25, -0.2) is 4.79 Å². The highest BCUT2D eigenvalue weighted by Crippen LogP contribution is 2.19. The summed E-state index contributed by atoms with van der Waals surface area (Å²) in [6.07, 6.45) is 5.13. The number of carbonyl (C=O) groups excluding carboxylic acids is 1. The van der Waals surface area contributed by atoms with Gasteiger partial charge in [0.2, 0.25) is 11.2 Å². The maximum atomic E-state index is 12.1. The molecule has 3 aromatic rings. The predicted octanol–water partition coefficient (Wildman–Crippen LogP) is 5.49. The molecule has 0 aliphatic rings. The van der Waals surface area contributed by atoms with Crippen LogP contribution in [0.4, 0.5) is 0 Å². The molecule has 0 aliphatic heterocycles. The van der Waals surface area contributed by atoms with Crippen LogP contribution in [0.1, 0.15) is 31.6 Å². The smallest absolute Gasteiger partial charge is 0.331 e. The summed E-state index contributed by atoms with van der Waals surface area (Å²) < 4.78 is 15.9. The van der Waals surface area contributed by atoms with Crippen LogP contribution in [0, 0.1) is 5.92 Å². The molecule has 0 spiro atoms. The topological polar surface area (TPSA) is 65.7 Å². The fourth-order valence-electron chi connectivity index (χ4n) is 2.80. The zero-order valence-corrected chi connectivity index (χ0v) is 17.7. The molecule has 1 heterocycles. The largest absolute Gasteiger partial charge is 0.487 e. The fourth-order valence-corrected chi connectivity index (χ4v) is 2.80. The van der Waals surface area contributed by atoms with E-state index in [2.05, 4.69) is 13.8 Å². The highest BCUT2D eigenvalue weighted by Gasteiger charge is 2.07. The second kappa shape index (κ2) is 11.0. The normalized spacial score (nSPS) is 11.1. The fraction of sp³-hybridized carbons (Fsp3) is 0.231. The summed E-state index contributed by atoms with van der Waals surface area (Å²) in [4.78, 5) is 24.0. The second-order valence-electron chi connectivity index (χ2n) is 7.53. The molecule has 0 atom stereocenters. The van der Waals surface area contributed by atoms with Crippen LogP contribution < -0.4 is 10.2 Å². The van der Waals surface area contributed by atoms with Gasteiger partial charge < -0.3 is 13.9 Å². The number of ether oxygens (including phenoxy) is 2. The van der Waals surface area contributed by atoms with E-state index in [1.807, 2.05) is 54.6 Å². The molecule has 0 saturated heterocycles. The molecule has 0 unspecified atom stereocenters. The molecule has 1 aromatic heterocycles. The lowest BCUT2D eigenvalue weighted by molar-refractivity contribution is -0.139. The van der Waals surface area contributed by atoms with Crippen LogP contribution in [0.15, 0.2) is 82.2 Å². The molecule has 31 heavy (non-hydrogen) atoms. The van der Waals surface area contributed by atoms with Crippen molar-refractivity contribution in [1.29, 1.82) is 0 Å². The molecule has 0 amide bonds. The minimum absolute atomic E-state index is 0.127. The Morgan fingerprint density at radius 3 is 2.42 bits per heavy atom. The summed E-state index contributed by atoms with van der Waals surface area (Å²) in [6.45, 7) is 4.49. The first kappa shape index (κ1) is 22.1. The highest BCUT2D eigenvalue weighted by atomic mass is 16.5. The summed E-state index contributed by atoms with van der Waals surface area (Å²) in [7, 11) is 0. The molecule has 0 N–H and O–H groups in total. The Balaban J connectivity index is 1.50. The molecule has 2 aromatic carbocycles. The molecule has 0 fully saturated rings. The van der Waals surface area contributed by atoms with Gasteiger partial charge in [0.15, 0.2) is 0 Å². The van der Waals surface area contributed by atoms with E-state index in [1.54, 1.807) is 6.08 Å². The zero-order chi connectivity index (χ0) is 22.1. The monoisotopic (exact) mass is 418 g/mol. The maximum Gasteiger partial charge on any atom is 0.331 e. The van der Waals surface area contributed by atoms with Gasteiger partial charge in [0.1, 0.15) is 18.6 Å². The number of carbonyl (C=O) groups is 1. The zero-order valence-electron chi connectivity index (χ0n) is 17.7. The van der Waals surface area contributed by atoms with Crippen molar-refractivity contribution >= 4 is 12.0 Å². The minimum Gasteiger partial charge on any atom is -0.487 e. The quantitative estimate of drug-likeness (QED) is 0.340. The molecule has 0 aliphatic carbocycles. The lowest BCUT2D eigenvalue weighted by Gasteiger charge is -2.07. The van der Waals surface area contributed by atoms with E-state index in [0.717, 1.165) is 23.1 Å². The third-order valence-electron chi connectivity index (χ3n) is 4.59. The molecule has 5 nitrogen and oxygen atoms in total. The van der Waals surface area contributed by atoms with E-state index in [-0.39, 0.29) is 23.5 Å². The molecule has 0 bridgehead atoms. The van der Waals surface area contributed by atoms with Gasteiger partial charge in [-0.3, -0.25) is 4.79 Å². The van der Waals surface area contributed by atoms with E-state index in [1.165, 1.54) is 18.4 Å². The first-order chi connectivity index (χ1) is 15.0. The number of esters is 1. The van der Waals surface area contributed by atoms with Crippen molar-refractivity contribution in [1.82, 2.24) is 0 Å². The molecular formula is C26H26O5. The van der Waals surface area contributed by atoms with Crippen LogP contribution in [0.3, 0.4) is 0 Å². The lowest BCUT2D eigenvalue weighted by atomic mass is 10.0. The number of benzene rings is 2. The molecule has 160 valence electrons. The first-order valence-electron chi connectivity index (χ1n) is 10.3. The van der Waals surface area contributed by atoms with Crippen LogP contribution in [0.25, 0.3) is 17.2 Å². The Bertz CT molecular complexity index is 1060. The average molecular weight is 418 g/mol. The van der Waals surface area contributed by atoms with Crippen LogP contribution in [0.5, 0.6) is 5.75 Å². The third kappa shape index (κ3) is 7.00. The Kier molecular flexibility index (Phi) is 7.82. The Labute approximate surface area is 181 Å². The van der Waals surface area contributed by atoms with Gasteiger partial charge in [-0.1, -0.05) is 68.4 Å². The van der Waals surface area contributed by atoms with Crippen molar-refractivity contribution in [3.05, 3.63) is 94.5 Å². The van der Waals surface area contributed by atoms with Crippen molar-refractivity contribution in [3.8, 4) is 16.9 Å². The molecule has 0 saturated carbocycles. The molecule has 0 radical (unpaired) electrons. The summed E-state index contributed by atoms with van der Waals surface area (Å²) in [5.74, 6) is 0.386. The van der Waals surface area contributed by atoms with Crippen molar-refractivity contribution in [2.24, 2.45) is 5.92 Å². The average Bonchev–Trinajstić information content (AvgIpc) is 2.78. The Morgan fingerprint density at radius 2 is 1.74 bits per heavy atom. The van der Waals surface area contributed by atoms with Crippen LogP contribution in [0.2, 0.25) is 0 Å². The Morgan fingerprint density at radius 1 is 1.03 bits per heavy atom. The first-order valence-corrected chi connectivity index (χ1v) is 10.3. The second-order valence-corrected chi connectivity index (χ2v) is 7.53. The molecule has 5 heteroatoms. The van der Waals surface area contributed by atoms with E-state index >= 15 is 0 Å². The van der Waals surface area contributed by atoms with Gasteiger partial charge in [0, 0.05) is 12.1 Å². The maximum absolute atomic E-state index is 12.1. The summed E-state index contributed by atoms with van der Waals surface area (Å²) in [5, 5.41) is 0. The number of hydrogen-bond acceptors (Lipinski definition) is 5. The van der Waals surface area contributed by atoms with Gasteiger partial charge in [-0.2, -0.15) is 0 Å². The van der Waals surface area contributed by atoms with E-state index in [9.17, 15) is 9.59 Å². The van der Waals surface area contributed by atoms with Gasteiger partial charge in [-0.05, 0) is 35.1 Å². The van der Waals surface area contributed by atoms with Gasteiger partial charge in [0.25, 0.3) is 0 Å².